The minimum absolute atomic E-state index is 0.0184. The highest BCUT2D eigenvalue weighted by Gasteiger charge is 2.44. The summed E-state index contributed by atoms with van der Waals surface area (Å²) >= 11 is 0. The van der Waals surface area contributed by atoms with Crippen LogP contribution in [-0.2, 0) is 11.8 Å². The van der Waals surface area contributed by atoms with Crippen LogP contribution in [0.2, 0.25) is 0 Å². The lowest BCUT2D eigenvalue weighted by atomic mass is 9.77. The first-order valence-corrected chi connectivity index (χ1v) is 9.72. The highest BCUT2D eigenvalue weighted by Crippen LogP contribution is 2.44. The highest BCUT2D eigenvalue weighted by atomic mass is 16.2. The molecular weight excluding hydrogens is 354 g/mol. The Morgan fingerprint density at radius 2 is 1.93 bits per heavy atom. The predicted octanol–water partition coefficient (Wildman–Crippen LogP) is 1.52. The zero-order valence-electron chi connectivity index (χ0n) is 17.0. The first-order chi connectivity index (χ1) is 13.4. The van der Waals surface area contributed by atoms with E-state index in [1.54, 1.807) is 20.3 Å². The molecule has 0 aromatic carbocycles. The molecule has 3 heterocycles. The van der Waals surface area contributed by atoms with Crippen molar-refractivity contribution >= 4 is 17.7 Å². The highest BCUT2D eigenvalue weighted by molar-refractivity contribution is 5.91. The van der Waals surface area contributed by atoms with Gasteiger partial charge in [0.15, 0.2) is 0 Å². The topological polar surface area (TPSA) is 78.4 Å². The van der Waals surface area contributed by atoms with E-state index >= 15 is 0 Å². The summed E-state index contributed by atoms with van der Waals surface area (Å²) in [7, 11) is 7.40. The van der Waals surface area contributed by atoms with Crippen molar-refractivity contribution in [1.82, 2.24) is 24.8 Å². The van der Waals surface area contributed by atoms with E-state index in [1.807, 2.05) is 25.2 Å². The molecule has 1 unspecified atom stereocenters. The number of rotatable bonds is 3. The second-order valence-electron chi connectivity index (χ2n) is 8.21. The maximum Gasteiger partial charge on any atom is 0.273 e. The molecule has 1 aliphatic carbocycles. The van der Waals surface area contributed by atoms with Crippen LogP contribution in [0.1, 0.15) is 41.0 Å². The van der Waals surface area contributed by atoms with Crippen LogP contribution in [-0.4, -0.2) is 72.0 Å². The zero-order chi connectivity index (χ0) is 19.9. The van der Waals surface area contributed by atoms with Gasteiger partial charge in [-0.05, 0) is 31.2 Å². The minimum Gasteiger partial charge on any atom is -0.354 e. The summed E-state index contributed by atoms with van der Waals surface area (Å²) < 4.78 is 0. The number of amides is 1. The number of aryl methyl sites for hydroxylation is 1. The normalized spacial score (nSPS) is 20.9. The van der Waals surface area contributed by atoms with Crippen LogP contribution in [0.4, 0.5) is 11.8 Å². The number of carbonyl (C=O) groups excluding carboxylic acids is 1. The molecule has 8 nitrogen and oxygen atoms in total. The number of hydrogen-bond donors (Lipinski definition) is 0. The monoisotopic (exact) mass is 381 g/mol. The van der Waals surface area contributed by atoms with E-state index in [1.165, 1.54) is 22.4 Å². The lowest BCUT2D eigenvalue weighted by Crippen LogP contribution is -2.46. The average Bonchev–Trinajstić information content (AvgIpc) is 3.04. The van der Waals surface area contributed by atoms with E-state index in [0.29, 0.717) is 5.69 Å². The zero-order valence-corrected chi connectivity index (χ0v) is 17.0. The Hall–Kier alpha value is -2.77. The van der Waals surface area contributed by atoms with Gasteiger partial charge in [-0.1, -0.05) is 0 Å². The van der Waals surface area contributed by atoms with Crippen LogP contribution >= 0.6 is 0 Å². The van der Waals surface area contributed by atoms with E-state index in [0.717, 1.165) is 50.5 Å². The van der Waals surface area contributed by atoms with E-state index in [-0.39, 0.29) is 11.3 Å². The molecule has 0 saturated carbocycles. The third-order valence-electron chi connectivity index (χ3n) is 5.78. The fraction of sp³-hybridized carbons (Fsp3) is 0.550. The molecule has 148 valence electrons. The molecule has 1 aliphatic heterocycles. The number of hydrogen-bond acceptors (Lipinski definition) is 7. The van der Waals surface area contributed by atoms with Gasteiger partial charge in [-0.2, -0.15) is 0 Å². The number of nitrogens with zero attached hydrogens (tertiary/aromatic N) is 7. The van der Waals surface area contributed by atoms with E-state index < -0.39 is 0 Å². The van der Waals surface area contributed by atoms with Crippen LogP contribution in [0.15, 0.2) is 18.6 Å². The van der Waals surface area contributed by atoms with E-state index in [4.69, 9.17) is 4.98 Å². The summed E-state index contributed by atoms with van der Waals surface area (Å²) in [6.07, 6.45) is 9.55. The molecular formula is C20H27N7O. The molecule has 28 heavy (non-hydrogen) atoms. The second-order valence-corrected chi connectivity index (χ2v) is 8.21. The lowest BCUT2D eigenvalue weighted by molar-refractivity contribution is 0.0821. The van der Waals surface area contributed by atoms with Crippen molar-refractivity contribution in [3.63, 3.8) is 0 Å². The summed E-state index contributed by atoms with van der Waals surface area (Å²) in [5.41, 5.74) is 2.84. The standard InChI is InChI=1S/C20H27N7O/c1-25(2)18(28)15-11-21-12-16(23-15)27-9-5-7-20(13-27)8-6-14-10-22-19(26(3)4)24-17(14)20/h10-12H,5-9,13H2,1-4H3. The van der Waals surface area contributed by atoms with Crippen molar-refractivity contribution in [1.29, 1.82) is 0 Å². The summed E-state index contributed by atoms with van der Waals surface area (Å²) in [5.74, 6) is 1.40. The maximum atomic E-state index is 12.3. The first-order valence-electron chi connectivity index (χ1n) is 9.72. The van der Waals surface area contributed by atoms with Crippen molar-refractivity contribution in [2.75, 3.05) is 51.1 Å². The van der Waals surface area contributed by atoms with Gasteiger partial charge in [-0.25, -0.2) is 15.0 Å². The molecule has 2 aromatic heterocycles. The summed E-state index contributed by atoms with van der Waals surface area (Å²) in [6, 6.07) is 0. The SMILES string of the molecule is CN(C)C(=O)c1cncc(N2CCCC3(CCc4cnc(N(C)C)nc43)C2)n1. The molecule has 2 aromatic rings. The molecule has 1 spiro atoms. The Kier molecular flexibility index (Phi) is 4.64. The Labute approximate surface area is 165 Å². The molecule has 2 aliphatic rings. The first kappa shape index (κ1) is 18.6. The molecule has 4 rings (SSSR count). The predicted molar refractivity (Wildman–Crippen MR) is 108 cm³/mol. The van der Waals surface area contributed by atoms with Crippen molar-refractivity contribution < 1.29 is 4.79 Å². The third-order valence-corrected chi connectivity index (χ3v) is 5.78. The lowest BCUT2D eigenvalue weighted by Gasteiger charge is -2.41. The van der Waals surface area contributed by atoms with E-state index in [2.05, 4.69) is 19.9 Å². The van der Waals surface area contributed by atoms with E-state index in [9.17, 15) is 4.79 Å². The van der Waals surface area contributed by atoms with Gasteiger partial charge in [0.1, 0.15) is 11.5 Å². The smallest absolute Gasteiger partial charge is 0.273 e. The number of fused-ring (bicyclic) bond motifs is 2. The quantitative estimate of drug-likeness (QED) is 0.797. The minimum atomic E-state index is -0.129. The molecule has 0 radical (unpaired) electrons. The molecule has 1 atom stereocenters. The Morgan fingerprint density at radius 3 is 2.68 bits per heavy atom. The Bertz CT molecular complexity index is 894. The Balaban J connectivity index is 1.64. The number of anilines is 2. The van der Waals surface area contributed by atoms with Gasteiger partial charge in [-0.3, -0.25) is 9.78 Å². The van der Waals surface area contributed by atoms with Gasteiger partial charge in [0.05, 0.1) is 18.1 Å². The van der Waals surface area contributed by atoms with Crippen molar-refractivity contribution in [3.8, 4) is 0 Å². The van der Waals surface area contributed by atoms with Crippen LogP contribution in [0, 0.1) is 0 Å². The van der Waals surface area contributed by atoms with Gasteiger partial charge in [0.2, 0.25) is 5.95 Å². The Morgan fingerprint density at radius 1 is 1.11 bits per heavy atom. The maximum absolute atomic E-state index is 12.3. The van der Waals surface area contributed by atoms with Crippen molar-refractivity contribution in [3.05, 3.63) is 35.5 Å². The van der Waals surface area contributed by atoms with Gasteiger partial charge < -0.3 is 14.7 Å². The fourth-order valence-corrected chi connectivity index (χ4v) is 4.31. The van der Waals surface area contributed by atoms with Gasteiger partial charge >= 0.3 is 0 Å². The van der Waals surface area contributed by atoms with Crippen LogP contribution < -0.4 is 9.80 Å². The van der Waals surface area contributed by atoms with Crippen LogP contribution in [0.25, 0.3) is 0 Å². The van der Waals surface area contributed by atoms with Gasteiger partial charge in [0.25, 0.3) is 5.91 Å². The van der Waals surface area contributed by atoms with Gasteiger partial charge in [-0.15, -0.1) is 0 Å². The molecule has 0 bridgehead atoms. The number of aromatic nitrogens is 4. The van der Waals surface area contributed by atoms with Crippen LogP contribution in [0.3, 0.4) is 0 Å². The summed E-state index contributed by atoms with van der Waals surface area (Å²) in [4.78, 5) is 36.3. The fourth-order valence-electron chi connectivity index (χ4n) is 4.31. The van der Waals surface area contributed by atoms with Crippen molar-refractivity contribution in [2.45, 2.75) is 31.1 Å². The molecule has 8 heteroatoms. The van der Waals surface area contributed by atoms with Crippen LogP contribution in [0.5, 0.6) is 0 Å². The summed E-state index contributed by atoms with van der Waals surface area (Å²) in [6.45, 7) is 1.76. The molecule has 1 amide bonds. The van der Waals surface area contributed by atoms with Crippen molar-refractivity contribution in [2.24, 2.45) is 0 Å². The summed E-state index contributed by atoms with van der Waals surface area (Å²) in [5, 5.41) is 0. The molecule has 1 saturated heterocycles. The number of piperidine rings is 1. The third kappa shape index (κ3) is 3.16. The molecule has 1 fully saturated rings. The van der Waals surface area contributed by atoms with Gasteiger partial charge in [0, 0.05) is 52.9 Å². The largest absolute Gasteiger partial charge is 0.354 e. The average molecular weight is 381 g/mol. The number of carbonyl (C=O) groups is 1. The molecule has 0 N–H and O–H groups in total. The second kappa shape index (κ2) is 7.00.